The molecule has 3 heterocycles. The fourth-order valence-electron chi connectivity index (χ4n) is 4.76. The Balaban J connectivity index is 1.36. The van der Waals surface area contributed by atoms with Gasteiger partial charge in [-0.05, 0) is 25.2 Å². The van der Waals surface area contributed by atoms with Gasteiger partial charge in [0.25, 0.3) is 0 Å². The van der Waals surface area contributed by atoms with Crippen molar-refractivity contribution in [3.05, 3.63) is 23.3 Å². The van der Waals surface area contributed by atoms with Crippen LogP contribution in [0.25, 0.3) is 0 Å². The van der Waals surface area contributed by atoms with E-state index in [-0.39, 0.29) is 11.8 Å². The molecule has 0 bridgehead atoms. The Bertz CT molecular complexity index is 714. The molecular formula is C21H30N4O2. The largest absolute Gasteiger partial charge is 0.342 e. The normalized spacial score (nSPS) is 23.4. The van der Waals surface area contributed by atoms with Crippen LogP contribution in [0.3, 0.4) is 0 Å². The molecule has 6 heteroatoms. The quantitative estimate of drug-likeness (QED) is 0.820. The molecule has 1 saturated carbocycles. The Morgan fingerprint density at radius 3 is 2.70 bits per heavy atom. The molecule has 2 aliphatic heterocycles. The highest BCUT2D eigenvalue weighted by atomic mass is 16.2. The second kappa shape index (κ2) is 7.95. The molecule has 0 radical (unpaired) electrons. The average Bonchev–Trinajstić information content (AvgIpc) is 3.18. The minimum atomic E-state index is 0.104. The van der Waals surface area contributed by atoms with Crippen LogP contribution >= 0.6 is 0 Å². The minimum Gasteiger partial charge on any atom is -0.342 e. The average molecular weight is 370 g/mol. The predicted octanol–water partition coefficient (Wildman–Crippen LogP) is 2.67. The second-order valence-electron chi connectivity index (χ2n) is 8.42. The third-order valence-corrected chi connectivity index (χ3v) is 6.49. The van der Waals surface area contributed by atoms with Crippen molar-refractivity contribution in [2.45, 2.75) is 70.8 Å². The highest BCUT2D eigenvalue weighted by Gasteiger charge is 2.31. The summed E-state index contributed by atoms with van der Waals surface area (Å²) in [5.74, 6) is 2.14. The lowest BCUT2D eigenvalue weighted by Crippen LogP contribution is -2.35. The Labute approximate surface area is 161 Å². The number of aromatic nitrogens is 2. The van der Waals surface area contributed by atoms with Crippen molar-refractivity contribution in [3.8, 4) is 0 Å². The van der Waals surface area contributed by atoms with Crippen LogP contribution < -0.4 is 0 Å². The number of rotatable bonds is 3. The first-order valence-electron chi connectivity index (χ1n) is 10.5. The van der Waals surface area contributed by atoms with Crippen molar-refractivity contribution in [3.63, 3.8) is 0 Å². The van der Waals surface area contributed by atoms with E-state index in [1.165, 1.54) is 32.1 Å². The highest BCUT2D eigenvalue weighted by molar-refractivity contribution is 5.77. The molecule has 0 aromatic carbocycles. The van der Waals surface area contributed by atoms with Gasteiger partial charge in [0.15, 0.2) is 0 Å². The van der Waals surface area contributed by atoms with Crippen molar-refractivity contribution in [2.75, 3.05) is 19.6 Å². The molecule has 0 unspecified atom stereocenters. The van der Waals surface area contributed by atoms with Crippen LogP contribution in [0.15, 0.2) is 6.20 Å². The SMILES string of the molecule is CC(=O)N1CCc2nc([C@@H]3CCN(C(=O)CC4CCCCC4)C3)ncc2C1. The predicted molar refractivity (Wildman–Crippen MR) is 102 cm³/mol. The third-order valence-electron chi connectivity index (χ3n) is 6.49. The van der Waals surface area contributed by atoms with Crippen LogP contribution in [0.4, 0.5) is 0 Å². The maximum Gasteiger partial charge on any atom is 0.222 e. The van der Waals surface area contributed by atoms with Gasteiger partial charge in [0.1, 0.15) is 5.82 Å². The molecule has 1 atom stereocenters. The van der Waals surface area contributed by atoms with E-state index in [9.17, 15) is 9.59 Å². The summed E-state index contributed by atoms with van der Waals surface area (Å²) in [5.41, 5.74) is 2.13. The number of fused-ring (bicyclic) bond motifs is 1. The van der Waals surface area contributed by atoms with Gasteiger partial charge in [-0.15, -0.1) is 0 Å². The molecule has 0 N–H and O–H groups in total. The first-order chi connectivity index (χ1) is 13.1. The Hall–Kier alpha value is -1.98. The standard InChI is InChI=1S/C21H30N4O2/c1-15(26)24-10-8-19-18(14-24)12-22-21(23-19)17-7-9-25(13-17)20(27)11-16-5-3-2-4-6-16/h12,16-17H,2-11,13-14H2,1H3/t17-/m1/s1. The summed E-state index contributed by atoms with van der Waals surface area (Å²) in [4.78, 5) is 37.5. The summed E-state index contributed by atoms with van der Waals surface area (Å²) in [6.07, 6.45) is 10.7. The fraction of sp³-hybridized carbons (Fsp3) is 0.714. The maximum atomic E-state index is 12.7. The first-order valence-corrected chi connectivity index (χ1v) is 10.5. The summed E-state index contributed by atoms with van der Waals surface area (Å²) in [5, 5.41) is 0. The summed E-state index contributed by atoms with van der Waals surface area (Å²) in [7, 11) is 0. The molecule has 1 saturated heterocycles. The van der Waals surface area contributed by atoms with Gasteiger partial charge >= 0.3 is 0 Å². The molecule has 146 valence electrons. The molecule has 1 aromatic heterocycles. The van der Waals surface area contributed by atoms with Crippen molar-refractivity contribution in [2.24, 2.45) is 5.92 Å². The van der Waals surface area contributed by atoms with Gasteiger partial charge < -0.3 is 9.80 Å². The van der Waals surface area contributed by atoms with Gasteiger partial charge in [0.05, 0.1) is 5.69 Å². The summed E-state index contributed by atoms with van der Waals surface area (Å²) < 4.78 is 0. The minimum absolute atomic E-state index is 0.104. The number of hydrogen-bond donors (Lipinski definition) is 0. The molecule has 2 fully saturated rings. The van der Waals surface area contributed by atoms with Crippen LogP contribution in [-0.2, 0) is 22.6 Å². The molecule has 6 nitrogen and oxygen atoms in total. The van der Waals surface area contributed by atoms with E-state index in [4.69, 9.17) is 4.98 Å². The monoisotopic (exact) mass is 370 g/mol. The van der Waals surface area contributed by atoms with E-state index in [0.717, 1.165) is 56.0 Å². The van der Waals surface area contributed by atoms with E-state index < -0.39 is 0 Å². The lowest BCUT2D eigenvalue weighted by molar-refractivity contribution is -0.131. The highest BCUT2D eigenvalue weighted by Crippen LogP contribution is 2.30. The smallest absolute Gasteiger partial charge is 0.222 e. The lowest BCUT2D eigenvalue weighted by Gasteiger charge is -2.27. The topological polar surface area (TPSA) is 66.4 Å². The van der Waals surface area contributed by atoms with Crippen LogP contribution in [0.5, 0.6) is 0 Å². The molecule has 0 spiro atoms. The first kappa shape index (κ1) is 18.4. The van der Waals surface area contributed by atoms with E-state index in [2.05, 4.69) is 4.98 Å². The summed E-state index contributed by atoms with van der Waals surface area (Å²) >= 11 is 0. The van der Waals surface area contributed by atoms with Crippen LogP contribution in [0.2, 0.25) is 0 Å². The molecule has 1 aliphatic carbocycles. The lowest BCUT2D eigenvalue weighted by atomic mass is 9.87. The molecule has 4 rings (SSSR count). The van der Waals surface area contributed by atoms with E-state index in [0.29, 0.717) is 18.4 Å². The van der Waals surface area contributed by atoms with Gasteiger partial charge in [0, 0.05) is 63.6 Å². The molecule has 1 aromatic rings. The number of nitrogens with zero attached hydrogens (tertiary/aromatic N) is 4. The van der Waals surface area contributed by atoms with Gasteiger partial charge in [-0.2, -0.15) is 0 Å². The van der Waals surface area contributed by atoms with E-state index in [1.807, 2.05) is 16.0 Å². The fourth-order valence-corrected chi connectivity index (χ4v) is 4.76. The van der Waals surface area contributed by atoms with Gasteiger partial charge in [-0.1, -0.05) is 19.3 Å². The zero-order valence-corrected chi connectivity index (χ0v) is 16.3. The van der Waals surface area contributed by atoms with E-state index in [1.54, 1.807) is 6.92 Å². The Kier molecular flexibility index (Phi) is 5.41. The summed E-state index contributed by atoms with van der Waals surface area (Å²) in [6.45, 7) is 4.54. The summed E-state index contributed by atoms with van der Waals surface area (Å²) in [6, 6.07) is 0. The van der Waals surface area contributed by atoms with Gasteiger partial charge in [-0.25, -0.2) is 9.97 Å². The Morgan fingerprint density at radius 2 is 1.93 bits per heavy atom. The molecule has 27 heavy (non-hydrogen) atoms. The van der Waals surface area contributed by atoms with Crippen molar-refractivity contribution >= 4 is 11.8 Å². The number of carbonyl (C=O) groups excluding carboxylic acids is 2. The number of likely N-dealkylation sites (tertiary alicyclic amines) is 1. The van der Waals surface area contributed by atoms with Crippen LogP contribution in [0, 0.1) is 5.92 Å². The van der Waals surface area contributed by atoms with Gasteiger partial charge in [-0.3, -0.25) is 9.59 Å². The zero-order valence-electron chi connectivity index (χ0n) is 16.3. The number of amides is 2. The number of hydrogen-bond acceptors (Lipinski definition) is 4. The second-order valence-corrected chi connectivity index (χ2v) is 8.42. The third kappa shape index (κ3) is 4.14. The van der Waals surface area contributed by atoms with Crippen molar-refractivity contribution in [1.82, 2.24) is 19.8 Å². The maximum absolute atomic E-state index is 12.7. The van der Waals surface area contributed by atoms with Crippen LogP contribution in [0.1, 0.15) is 74.9 Å². The van der Waals surface area contributed by atoms with Crippen LogP contribution in [-0.4, -0.2) is 51.2 Å². The molecular weight excluding hydrogens is 340 g/mol. The zero-order chi connectivity index (χ0) is 18.8. The Morgan fingerprint density at radius 1 is 1.11 bits per heavy atom. The number of carbonyl (C=O) groups is 2. The molecule has 2 amide bonds. The van der Waals surface area contributed by atoms with Crippen molar-refractivity contribution in [1.29, 1.82) is 0 Å². The van der Waals surface area contributed by atoms with Gasteiger partial charge in [0.2, 0.25) is 11.8 Å². The van der Waals surface area contributed by atoms with Crippen molar-refractivity contribution < 1.29 is 9.59 Å². The van der Waals surface area contributed by atoms with E-state index >= 15 is 0 Å². The molecule has 3 aliphatic rings.